The van der Waals surface area contributed by atoms with E-state index >= 15 is 0 Å². The maximum Gasteiger partial charge on any atom is 0.337 e. The van der Waals surface area contributed by atoms with Crippen molar-refractivity contribution < 1.29 is 19.1 Å². The minimum absolute atomic E-state index is 0.301. The van der Waals surface area contributed by atoms with E-state index < -0.39 is 11.9 Å². The summed E-state index contributed by atoms with van der Waals surface area (Å²) in [6.45, 7) is 0. The van der Waals surface area contributed by atoms with Gasteiger partial charge in [-0.3, -0.25) is 0 Å². The number of carbonyl (C=O) groups excluding carboxylic acids is 2. The van der Waals surface area contributed by atoms with Gasteiger partial charge in [-0.1, -0.05) is 0 Å². The number of benzene rings is 1. The van der Waals surface area contributed by atoms with Gasteiger partial charge in [0.25, 0.3) is 0 Å². The molecule has 0 aromatic heterocycles. The van der Waals surface area contributed by atoms with Gasteiger partial charge in [-0.25, -0.2) is 9.59 Å². The minimum atomic E-state index is -0.498. The second-order valence-electron chi connectivity index (χ2n) is 3.03. The van der Waals surface area contributed by atoms with Crippen molar-refractivity contribution in [3.05, 3.63) is 29.3 Å². The first-order valence-corrected chi connectivity index (χ1v) is 4.62. The normalized spacial score (nSPS) is 9.44. The Morgan fingerprint density at radius 2 is 1.44 bits per heavy atom. The Morgan fingerprint density at radius 1 is 1.00 bits per heavy atom. The molecular formula is C11H13NO4. The zero-order valence-corrected chi connectivity index (χ0v) is 9.37. The van der Waals surface area contributed by atoms with E-state index in [4.69, 9.17) is 0 Å². The molecule has 0 heterocycles. The first kappa shape index (κ1) is 12.0. The topological polar surface area (TPSA) is 64.6 Å². The smallest absolute Gasteiger partial charge is 0.337 e. The van der Waals surface area contributed by atoms with Crippen molar-refractivity contribution in [2.75, 3.05) is 26.6 Å². The second-order valence-corrected chi connectivity index (χ2v) is 3.03. The second kappa shape index (κ2) is 5.16. The predicted molar refractivity (Wildman–Crippen MR) is 58.7 cm³/mol. The van der Waals surface area contributed by atoms with Crippen molar-refractivity contribution in [3.63, 3.8) is 0 Å². The van der Waals surface area contributed by atoms with E-state index in [0.29, 0.717) is 16.8 Å². The first-order chi connectivity index (χ1) is 7.62. The van der Waals surface area contributed by atoms with Crippen molar-refractivity contribution in [3.8, 4) is 0 Å². The molecule has 0 aliphatic rings. The third-order valence-electron chi connectivity index (χ3n) is 2.06. The van der Waals surface area contributed by atoms with Crippen molar-refractivity contribution in [1.29, 1.82) is 0 Å². The molecule has 0 saturated carbocycles. The molecule has 1 N–H and O–H groups in total. The van der Waals surface area contributed by atoms with Crippen LogP contribution in [0.5, 0.6) is 0 Å². The van der Waals surface area contributed by atoms with Gasteiger partial charge in [0, 0.05) is 12.7 Å². The Hall–Kier alpha value is -2.04. The van der Waals surface area contributed by atoms with Gasteiger partial charge < -0.3 is 14.8 Å². The number of carbonyl (C=O) groups is 2. The number of anilines is 1. The number of methoxy groups -OCH3 is 2. The van der Waals surface area contributed by atoms with E-state index in [9.17, 15) is 9.59 Å². The lowest BCUT2D eigenvalue weighted by molar-refractivity contribution is 0.0599. The molecule has 0 amide bonds. The molecule has 1 aromatic carbocycles. The molecule has 0 aliphatic carbocycles. The van der Waals surface area contributed by atoms with Gasteiger partial charge in [0.2, 0.25) is 0 Å². The van der Waals surface area contributed by atoms with E-state index in [1.54, 1.807) is 19.2 Å². The monoisotopic (exact) mass is 223 g/mol. The largest absolute Gasteiger partial charge is 0.465 e. The van der Waals surface area contributed by atoms with E-state index in [2.05, 4.69) is 14.8 Å². The van der Waals surface area contributed by atoms with E-state index in [0.717, 1.165) is 0 Å². The van der Waals surface area contributed by atoms with Crippen LogP contribution >= 0.6 is 0 Å². The van der Waals surface area contributed by atoms with E-state index in [-0.39, 0.29) is 0 Å². The van der Waals surface area contributed by atoms with Crippen LogP contribution in [0.1, 0.15) is 20.7 Å². The molecule has 0 radical (unpaired) electrons. The van der Waals surface area contributed by atoms with Crippen LogP contribution in [0, 0.1) is 0 Å². The first-order valence-electron chi connectivity index (χ1n) is 4.62. The van der Waals surface area contributed by atoms with Gasteiger partial charge in [-0.05, 0) is 18.2 Å². The van der Waals surface area contributed by atoms with Crippen molar-refractivity contribution >= 4 is 17.6 Å². The number of esters is 2. The molecule has 5 heteroatoms. The molecule has 16 heavy (non-hydrogen) atoms. The van der Waals surface area contributed by atoms with Crippen LogP contribution < -0.4 is 5.32 Å². The van der Waals surface area contributed by atoms with E-state index in [1.165, 1.54) is 20.3 Å². The van der Waals surface area contributed by atoms with Crippen LogP contribution in [-0.2, 0) is 9.47 Å². The van der Waals surface area contributed by atoms with Gasteiger partial charge >= 0.3 is 11.9 Å². The fourth-order valence-electron chi connectivity index (χ4n) is 1.24. The molecule has 86 valence electrons. The van der Waals surface area contributed by atoms with Gasteiger partial charge in [0.05, 0.1) is 25.3 Å². The molecule has 0 spiro atoms. The summed E-state index contributed by atoms with van der Waals surface area (Å²) in [4.78, 5) is 22.7. The van der Waals surface area contributed by atoms with Crippen molar-refractivity contribution in [2.45, 2.75) is 0 Å². The number of ether oxygens (including phenoxy) is 2. The lowest BCUT2D eigenvalue weighted by Crippen LogP contribution is -2.07. The summed E-state index contributed by atoms with van der Waals surface area (Å²) in [6, 6.07) is 4.62. The highest BCUT2D eigenvalue weighted by atomic mass is 16.5. The number of hydrogen-bond donors (Lipinski definition) is 1. The minimum Gasteiger partial charge on any atom is -0.465 e. The van der Waals surface area contributed by atoms with Crippen LogP contribution in [0.15, 0.2) is 18.2 Å². The Bertz CT molecular complexity index is 380. The maximum atomic E-state index is 11.3. The fraction of sp³-hybridized carbons (Fsp3) is 0.273. The molecule has 0 atom stereocenters. The lowest BCUT2D eigenvalue weighted by Gasteiger charge is -2.07. The molecule has 5 nitrogen and oxygen atoms in total. The highest BCUT2D eigenvalue weighted by Crippen LogP contribution is 2.16. The molecule has 0 aliphatic heterocycles. The van der Waals surface area contributed by atoms with Crippen LogP contribution in [-0.4, -0.2) is 33.2 Å². The molecule has 1 aromatic rings. The molecule has 0 fully saturated rings. The Balaban J connectivity index is 3.20. The average molecular weight is 223 g/mol. The summed E-state index contributed by atoms with van der Waals surface area (Å²) in [5.74, 6) is -0.996. The van der Waals surface area contributed by atoms with Gasteiger partial charge in [-0.2, -0.15) is 0 Å². The number of hydrogen-bond acceptors (Lipinski definition) is 5. The Kier molecular flexibility index (Phi) is 3.88. The van der Waals surface area contributed by atoms with E-state index in [1.807, 2.05) is 0 Å². The molecule has 0 saturated heterocycles. The van der Waals surface area contributed by atoms with Gasteiger partial charge in [0.1, 0.15) is 0 Å². The highest BCUT2D eigenvalue weighted by molar-refractivity contribution is 5.96. The van der Waals surface area contributed by atoms with Crippen LogP contribution in [0.3, 0.4) is 0 Å². The SMILES string of the molecule is CNc1cc(C(=O)OC)cc(C(=O)OC)c1. The zero-order valence-electron chi connectivity index (χ0n) is 9.37. The quantitative estimate of drug-likeness (QED) is 0.782. The zero-order chi connectivity index (χ0) is 12.1. The Morgan fingerprint density at radius 3 is 1.75 bits per heavy atom. The molecule has 0 bridgehead atoms. The summed E-state index contributed by atoms with van der Waals surface area (Å²) in [7, 11) is 4.26. The molecular weight excluding hydrogens is 210 g/mol. The molecule has 1 rings (SSSR count). The van der Waals surface area contributed by atoms with Crippen molar-refractivity contribution in [1.82, 2.24) is 0 Å². The maximum absolute atomic E-state index is 11.3. The summed E-state index contributed by atoms with van der Waals surface area (Å²) >= 11 is 0. The standard InChI is InChI=1S/C11H13NO4/c1-12-9-5-7(10(13)15-2)4-8(6-9)11(14)16-3/h4-6,12H,1-3H3. The third kappa shape index (κ3) is 2.50. The highest BCUT2D eigenvalue weighted by Gasteiger charge is 2.12. The van der Waals surface area contributed by atoms with Crippen LogP contribution in [0.2, 0.25) is 0 Å². The van der Waals surface area contributed by atoms with Crippen molar-refractivity contribution in [2.24, 2.45) is 0 Å². The lowest BCUT2D eigenvalue weighted by atomic mass is 10.1. The summed E-state index contributed by atoms with van der Waals surface area (Å²) in [6.07, 6.45) is 0. The summed E-state index contributed by atoms with van der Waals surface area (Å²) in [5, 5.41) is 2.85. The van der Waals surface area contributed by atoms with Crippen LogP contribution in [0.4, 0.5) is 5.69 Å². The fourth-order valence-corrected chi connectivity index (χ4v) is 1.24. The molecule has 0 unspecified atom stereocenters. The van der Waals surface area contributed by atoms with Crippen LogP contribution in [0.25, 0.3) is 0 Å². The number of nitrogens with one attached hydrogen (secondary N) is 1. The predicted octanol–water partition coefficient (Wildman–Crippen LogP) is 1.30. The third-order valence-corrected chi connectivity index (χ3v) is 2.06. The Labute approximate surface area is 93.4 Å². The van der Waals surface area contributed by atoms with Gasteiger partial charge in [0.15, 0.2) is 0 Å². The summed E-state index contributed by atoms with van der Waals surface area (Å²) in [5.41, 5.74) is 1.24. The summed E-state index contributed by atoms with van der Waals surface area (Å²) < 4.78 is 9.17. The average Bonchev–Trinajstić information content (AvgIpc) is 2.35. The number of rotatable bonds is 3. The van der Waals surface area contributed by atoms with Gasteiger partial charge in [-0.15, -0.1) is 0 Å².